The smallest absolute Gasteiger partial charge is 0.256 e. The molecule has 2 aromatic carbocycles. The first kappa shape index (κ1) is 21.3. The quantitative estimate of drug-likeness (QED) is 0.666. The van der Waals surface area contributed by atoms with Crippen LogP contribution >= 0.6 is 0 Å². The van der Waals surface area contributed by atoms with Gasteiger partial charge in [-0.25, -0.2) is 4.39 Å². The first-order chi connectivity index (χ1) is 14.1. The van der Waals surface area contributed by atoms with E-state index in [1.807, 2.05) is 19.1 Å². The second kappa shape index (κ2) is 10.4. The topological polar surface area (TPSA) is 32.8 Å². The Hall–Kier alpha value is -2.40. The van der Waals surface area contributed by atoms with Gasteiger partial charge in [-0.05, 0) is 68.5 Å². The Morgan fingerprint density at radius 1 is 1.24 bits per heavy atom. The normalized spacial score (nSPS) is 17.1. The average Bonchev–Trinajstić information content (AvgIpc) is 2.76. The van der Waals surface area contributed by atoms with Crippen LogP contribution in [0, 0.1) is 11.7 Å². The number of amides is 1. The second-order valence-electron chi connectivity index (χ2n) is 7.73. The third-order valence-corrected chi connectivity index (χ3v) is 5.71. The molecular weight excluding hydrogens is 367 g/mol. The Kier molecular flexibility index (Phi) is 7.64. The molecule has 1 fully saturated rings. The Bertz CT molecular complexity index is 811. The minimum atomic E-state index is -0.445. The molecule has 3 rings (SSSR count). The van der Waals surface area contributed by atoms with Crippen molar-refractivity contribution < 1.29 is 13.9 Å². The van der Waals surface area contributed by atoms with Crippen molar-refractivity contribution in [2.45, 2.75) is 26.2 Å². The summed E-state index contributed by atoms with van der Waals surface area (Å²) in [5.41, 5.74) is 1.44. The lowest BCUT2D eigenvalue weighted by Gasteiger charge is -2.35. The van der Waals surface area contributed by atoms with Crippen LogP contribution < -0.4 is 4.74 Å². The predicted octanol–water partition coefficient (Wildman–Crippen LogP) is 4.25. The molecule has 2 aromatic rings. The highest BCUT2D eigenvalue weighted by atomic mass is 19.1. The van der Waals surface area contributed by atoms with E-state index in [0.29, 0.717) is 19.0 Å². The van der Waals surface area contributed by atoms with E-state index in [0.717, 1.165) is 44.6 Å². The van der Waals surface area contributed by atoms with Gasteiger partial charge in [-0.2, -0.15) is 0 Å². The van der Waals surface area contributed by atoms with Crippen molar-refractivity contribution in [2.75, 3.05) is 39.8 Å². The monoisotopic (exact) mass is 398 g/mol. The fourth-order valence-corrected chi connectivity index (χ4v) is 4.09. The molecule has 1 saturated heterocycles. The lowest BCUT2D eigenvalue weighted by Crippen LogP contribution is -2.43. The maximum atomic E-state index is 14.0. The molecule has 29 heavy (non-hydrogen) atoms. The third-order valence-electron chi connectivity index (χ3n) is 5.71. The molecule has 1 unspecified atom stereocenters. The van der Waals surface area contributed by atoms with E-state index in [-0.39, 0.29) is 11.5 Å². The summed E-state index contributed by atoms with van der Waals surface area (Å²) in [5.74, 6) is 0.660. The summed E-state index contributed by atoms with van der Waals surface area (Å²) in [6.07, 6.45) is 3.22. The number of halogens is 1. The van der Waals surface area contributed by atoms with Crippen LogP contribution in [0.5, 0.6) is 5.75 Å². The predicted molar refractivity (Wildman–Crippen MR) is 114 cm³/mol. The Morgan fingerprint density at radius 3 is 2.83 bits per heavy atom. The number of rotatable bonds is 8. The molecule has 0 radical (unpaired) electrons. The van der Waals surface area contributed by atoms with Crippen LogP contribution in [0.15, 0.2) is 48.5 Å². The average molecular weight is 399 g/mol. The van der Waals surface area contributed by atoms with Crippen LogP contribution in [0.25, 0.3) is 0 Å². The van der Waals surface area contributed by atoms with Gasteiger partial charge in [0.05, 0.1) is 12.7 Å². The van der Waals surface area contributed by atoms with Crippen LogP contribution in [0.2, 0.25) is 0 Å². The summed E-state index contributed by atoms with van der Waals surface area (Å²) in [6.45, 7) is 6.30. The van der Waals surface area contributed by atoms with Crippen LogP contribution in [-0.2, 0) is 6.42 Å². The summed E-state index contributed by atoms with van der Waals surface area (Å²) in [4.78, 5) is 17.1. The fourth-order valence-electron chi connectivity index (χ4n) is 4.09. The summed E-state index contributed by atoms with van der Waals surface area (Å²) in [6, 6.07) is 14.5. The molecule has 1 heterocycles. The molecule has 1 atom stereocenters. The van der Waals surface area contributed by atoms with Crippen LogP contribution in [0.1, 0.15) is 35.7 Å². The van der Waals surface area contributed by atoms with Crippen molar-refractivity contribution in [3.63, 3.8) is 0 Å². The number of benzene rings is 2. The zero-order valence-corrected chi connectivity index (χ0v) is 17.4. The van der Waals surface area contributed by atoms with Crippen molar-refractivity contribution in [3.8, 4) is 5.75 Å². The highest BCUT2D eigenvalue weighted by Crippen LogP contribution is 2.20. The Balaban J connectivity index is 1.55. The van der Waals surface area contributed by atoms with Crippen molar-refractivity contribution in [1.82, 2.24) is 9.80 Å². The van der Waals surface area contributed by atoms with E-state index in [9.17, 15) is 9.18 Å². The molecule has 0 aliphatic carbocycles. The van der Waals surface area contributed by atoms with Gasteiger partial charge in [-0.15, -0.1) is 0 Å². The van der Waals surface area contributed by atoms with Crippen molar-refractivity contribution >= 4 is 5.91 Å². The van der Waals surface area contributed by atoms with E-state index in [1.165, 1.54) is 11.6 Å². The van der Waals surface area contributed by atoms with Crippen molar-refractivity contribution in [2.24, 2.45) is 5.92 Å². The van der Waals surface area contributed by atoms with Gasteiger partial charge in [0.25, 0.3) is 5.91 Å². The van der Waals surface area contributed by atoms with Gasteiger partial charge in [0.15, 0.2) is 0 Å². The molecule has 1 amide bonds. The second-order valence-corrected chi connectivity index (χ2v) is 7.73. The van der Waals surface area contributed by atoms with Gasteiger partial charge in [-0.3, -0.25) is 4.79 Å². The number of likely N-dealkylation sites (tertiary alicyclic amines) is 1. The van der Waals surface area contributed by atoms with Crippen molar-refractivity contribution in [3.05, 3.63) is 65.5 Å². The van der Waals surface area contributed by atoms with E-state index in [4.69, 9.17) is 4.74 Å². The number of ether oxygens (including phenoxy) is 1. The Morgan fingerprint density at radius 2 is 2.07 bits per heavy atom. The number of carbonyl (C=O) groups excluding carboxylic acids is 1. The highest BCUT2D eigenvalue weighted by molar-refractivity contribution is 5.94. The Labute approximate surface area is 173 Å². The lowest BCUT2D eigenvalue weighted by atomic mass is 9.96. The minimum Gasteiger partial charge on any atom is -0.497 e. The zero-order valence-electron chi connectivity index (χ0n) is 17.4. The maximum Gasteiger partial charge on any atom is 0.256 e. The molecule has 0 spiro atoms. The van der Waals surface area contributed by atoms with Crippen LogP contribution in [0.4, 0.5) is 4.39 Å². The molecule has 156 valence electrons. The number of hydrogen-bond donors (Lipinski definition) is 0. The molecule has 0 saturated carbocycles. The number of carbonyl (C=O) groups is 1. The molecule has 1 aliphatic rings. The van der Waals surface area contributed by atoms with Crippen LogP contribution in [-0.4, -0.2) is 55.5 Å². The standard InChI is InChI=1S/C24H31FN2O2/c1-3-27(24(28)22-11-4-5-12-23(22)25)18-20-9-7-14-26(17-20)15-13-19-8-6-10-21(16-19)29-2/h4-6,8,10-12,16,20H,3,7,9,13-15,17-18H2,1-2H3. The molecule has 0 aromatic heterocycles. The van der Waals surface area contributed by atoms with Gasteiger partial charge in [0, 0.05) is 26.2 Å². The number of methoxy groups -OCH3 is 1. The van der Waals surface area contributed by atoms with Gasteiger partial charge in [0.2, 0.25) is 0 Å². The van der Waals surface area contributed by atoms with E-state index in [1.54, 1.807) is 30.2 Å². The van der Waals surface area contributed by atoms with Gasteiger partial charge in [-0.1, -0.05) is 24.3 Å². The first-order valence-electron chi connectivity index (χ1n) is 10.5. The molecule has 0 bridgehead atoms. The summed E-state index contributed by atoms with van der Waals surface area (Å²) in [5, 5.41) is 0. The van der Waals surface area contributed by atoms with E-state index in [2.05, 4.69) is 17.0 Å². The molecule has 0 N–H and O–H groups in total. The molecule has 4 nitrogen and oxygen atoms in total. The number of hydrogen-bond acceptors (Lipinski definition) is 3. The maximum absolute atomic E-state index is 14.0. The summed E-state index contributed by atoms with van der Waals surface area (Å²) < 4.78 is 19.3. The molecule has 5 heteroatoms. The summed E-state index contributed by atoms with van der Waals surface area (Å²) in [7, 11) is 1.69. The minimum absolute atomic E-state index is 0.167. The number of piperidine rings is 1. The van der Waals surface area contributed by atoms with E-state index >= 15 is 0 Å². The van der Waals surface area contributed by atoms with Crippen LogP contribution in [0.3, 0.4) is 0 Å². The third kappa shape index (κ3) is 5.80. The first-order valence-corrected chi connectivity index (χ1v) is 10.5. The lowest BCUT2D eigenvalue weighted by molar-refractivity contribution is 0.0686. The molecule has 1 aliphatic heterocycles. The van der Waals surface area contributed by atoms with Gasteiger partial charge >= 0.3 is 0 Å². The number of nitrogens with zero attached hydrogens (tertiary/aromatic N) is 2. The molecular formula is C24H31FN2O2. The van der Waals surface area contributed by atoms with Gasteiger partial charge in [0.1, 0.15) is 11.6 Å². The van der Waals surface area contributed by atoms with Gasteiger partial charge < -0.3 is 14.5 Å². The zero-order chi connectivity index (χ0) is 20.6. The van der Waals surface area contributed by atoms with E-state index < -0.39 is 5.82 Å². The SMILES string of the molecule is CCN(CC1CCCN(CCc2cccc(OC)c2)C1)C(=O)c1ccccc1F. The largest absolute Gasteiger partial charge is 0.497 e. The fraction of sp³-hybridized carbons (Fsp3) is 0.458. The highest BCUT2D eigenvalue weighted by Gasteiger charge is 2.25. The summed E-state index contributed by atoms with van der Waals surface area (Å²) >= 11 is 0. The van der Waals surface area contributed by atoms with Crippen molar-refractivity contribution in [1.29, 1.82) is 0 Å².